The van der Waals surface area contributed by atoms with Crippen LogP contribution < -0.4 is 0 Å². The first-order chi connectivity index (χ1) is 18.0. The standard InChI is InChI=1S/C28H42O10S/c1-15(2)21-11-22(16(3)4)26(23(12-21)17(5)6)39(32,33)13-24-25(36-19(8)30)27(37-20(9)31)28(34-10,38-24)14-35-18(7)29/h11-12,15-17,24-25,27H,13-14H2,1-10H3/t24-,25-,27+,28-/m1/s1. The van der Waals surface area contributed by atoms with E-state index in [2.05, 4.69) is 13.8 Å². The predicted octanol–water partition coefficient (Wildman–Crippen LogP) is 4.00. The van der Waals surface area contributed by atoms with Crippen LogP contribution in [0.5, 0.6) is 0 Å². The van der Waals surface area contributed by atoms with E-state index in [1.807, 2.05) is 39.8 Å². The third-order valence-corrected chi connectivity index (χ3v) is 8.50. The molecule has 0 aromatic heterocycles. The van der Waals surface area contributed by atoms with Gasteiger partial charge >= 0.3 is 17.9 Å². The van der Waals surface area contributed by atoms with Gasteiger partial charge in [-0.3, -0.25) is 14.4 Å². The van der Waals surface area contributed by atoms with E-state index in [0.717, 1.165) is 19.4 Å². The van der Waals surface area contributed by atoms with Crippen molar-refractivity contribution in [2.24, 2.45) is 0 Å². The molecule has 1 aromatic carbocycles. The van der Waals surface area contributed by atoms with E-state index in [0.29, 0.717) is 11.1 Å². The molecule has 0 radical (unpaired) electrons. The van der Waals surface area contributed by atoms with Gasteiger partial charge in [0.2, 0.25) is 5.79 Å². The Kier molecular flexibility index (Phi) is 10.7. The first kappa shape index (κ1) is 32.7. The number of sulfone groups is 1. The van der Waals surface area contributed by atoms with Crippen LogP contribution in [0.4, 0.5) is 0 Å². The Bertz CT molecular complexity index is 1140. The summed E-state index contributed by atoms with van der Waals surface area (Å²) >= 11 is 0. The van der Waals surface area contributed by atoms with Crippen LogP contribution in [-0.4, -0.2) is 69.9 Å². The minimum Gasteiger partial charge on any atom is -0.460 e. The molecule has 0 aliphatic carbocycles. The molecule has 1 aromatic rings. The molecule has 1 heterocycles. The third-order valence-electron chi connectivity index (χ3n) is 6.64. The van der Waals surface area contributed by atoms with Crippen molar-refractivity contribution >= 4 is 27.7 Å². The molecule has 39 heavy (non-hydrogen) atoms. The maximum absolute atomic E-state index is 14.2. The minimum absolute atomic E-state index is 0.101. The molecule has 0 amide bonds. The summed E-state index contributed by atoms with van der Waals surface area (Å²) in [5.74, 6) is -4.67. The molecule has 1 saturated heterocycles. The molecule has 0 saturated carbocycles. The zero-order valence-corrected chi connectivity index (χ0v) is 25.3. The number of carbonyl (C=O) groups excluding carboxylic acids is 3. The van der Waals surface area contributed by atoms with Gasteiger partial charge in [0.15, 0.2) is 22.0 Å². The van der Waals surface area contributed by atoms with Gasteiger partial charge in [-0.25, -0.2) is 8.42 Å². The summed E-state index contributed by atoms with van der Waals surface area (Å²) in [5.41, 5.74) is 2.40. The van der Waals surface area contributed by atoms with Gasteiger partial charge < -0.3 is 23.7 Å². The molecule has 0 N–H and O–H groups in total. The van der Waals surface area contributed by atoms with Crippen molar-refractivity contribution in [1.29, 1.82) is 0 Å². The Morgan fingerprint density at radius 1 is 0.872 bits per heavy atom. The lowest BCUT2D eigenvalue weighted by atomic mass is 9.89. The molecule has 4 atom stereocenters. The molecule has 0 unspecified atom stereocenters. The maximum Gasteiger partial charge on any atom is 0.303 e. The lowest BCUT2D eigenvalue weighted by Gasteiger charge is -2.32. The van der Waals surface area contributed by atoms with Crippen molar-refractivity contribution in [2.45, 2.75) is 109 Å². The van der Waals surface area contributed by atoms with Crippen molar-refractivity contribution < 1.29 is 46.5 Å². The fourth-order valence-electron chi connectivity index (χ4n) is 4.72. The highest BCUT2D eigenvalue weighted by Gasteiger charge is 2.61. The quantitative estimate of drug-likeness (QED) is 0.284. The van der Waals surface area contributed by atoms with Gasteiger partial charge in [-0.2, -0.15) is 0 Å². The highest BCUT2D eigenvalue weighted by Crippen LogP contribution is 2.40. The fraction of sp³-hybridized carbons (Fsp3) is 0.679. The molecule has 11 heteroatoms. The van der Waals surface area contributed by atoms with Crippen LogP contribution in [0, 0.1) is 0 Å². The summed E-state index contributed by atoms with van der Waals surface area (Å²) in [7, 11) is -2.83. The van der Waals surface area contributed by atoms with Crippen molar-refractivity contribution in [3.8, 4) is 0 Å². The predicted molar refractivity (Wildman–Crippen MR) is 143 cm³/mol. The Hall–Kier alpha value is -2.50. The molecule has 1 aliphatic rings. The van der Waals surface area contributed by atoms with Gasteiger partial charge in [0.25, 0.3) is 0 Å². The molecule has 0 spiro atoms. The van der Waals surface area contributed by atoms with Crippen LogP contribution in [0.2, 0.25) is 0 Å². The number of carbonyl (C=O) groups is 3. The number of rotatable bonds is 11. The number of methoxy groups -OCH3 is 1. The normalized spacial score (nSPS) is 23.4. The Morgan fingerprint density at radius 3 is 1.77 bits per heavy atom. The highest BCUT2D eigenvalue weighted by molar-refractivity contribution is 7.91. The van der Waals surface area contributed by atoms with Crippen molar-refractivity contribution in [1.82, 2.24) is 0 Å². The van der Waals surface area contributed by atoms with E-state index in [1.54, 1.807) is 0 Å². The van der Waals surface area contributed by atoms with E-state index < -0.39 is 64.2 Å². The maximum atomic E-state index is 14.2. The second-order valence-corrected chi connectivity index (χ2v) is 12.8. The van der Waals surface area contributed by atoms with E-state index in [-0.39, 0.29) is 22.6 Å². The van der Waals surface area contributed by atoms with Crippen LogP contribution in [0.3, 0.4) is 0 Å². The SMILES string of the molecule is CO[C@]1(COC(C)=O)O[C@H](CS(=O)(=O)c2c(C(C)C)cc(C(C)C)cc2C(C)C)[C@@H](OC(C)=O)[C@@H]1OC(C)=O. The van der Waals surface area contributed by atoms with Gasteiger partial charge in [0.1, 0.15) is 12.7 Å². The van der Waals surface area contributed by atoms with Crippen LogP contribution in [0.1, 0.15) is 96.8 Å². The zero-order chi connectivity index (χ0) is 29.9. The van der Waals surface area contributed by atoms with Crippen molar-refractivity contribution in [2.75, 3.05) is 19.5 Å². The second kappa shape index (κ2) is 12.8. The third kappa shape index (κ3) is 7.58. The average Bonchev–Trinajstić information content (AvgIpc) is 3.07. The minimum atomic E-state index is -4.07. The van der Waals surface area contributed by atoms with Crippen LogP contribution in [0.25, 0.3) is 0 Å². The first-order valence-electron chi connectivity index (χ1n) is 13.1. The van der Waals surface area contributed by atoms with Gasteiger partial charge in [0.05, 0.1) is 10.6 Å². The number of benzene rings is 1. The summed E-state index contributed by atoms with van der Waals surface area (Å²) in [6.45, 7) is 14.8. The molecular formula is C28H42O10S. The summed E-state index contributed by atoms with van der Waals surface area (Å²) < 4.78 is 56.0. The van der Waals surface area contributed by atoms with Crippen molar-refractivity contribution in [3.63, 3.8) is 0 Å². The van der Waals surface area contributed by atoms with E-state index in [9.17, 15) is 22.8 Å². The topological polar surface area (TPSA) is 132 Å². The molecule has 1 aliphatic heterocycles. The Morgan fingerprint density at radius 2 is 1.38 bits per heavy atom. The largest absolute Gasteiger partial charge is 0.460 e. The summed E-state index contributed by atoms with van der Waals surface area (Å²) in [4.78, 5) is 35.9. The monoisotopic (exact) mass is 570 g/mol. The average molecular weight is 571 g/mol. The van der Waals surface area contributed by atoms with Crippen LogP contribution in [0.15, 0.2) is 17.0 Å². The second-order valence-electron chi connectivity index (χ2n) is 10.8. The molecule has 0 bridgehead atoms. The van der Waals surface area contributed by atoms with E-state index in [1.165, 1.54) is 14.0 Å². The van der Waals surface area contributed by atoms with Gasteiger partial charge in [-0.05, 0) is 34.4 Å². The van der Waals surface area contributed by atoms with Crippen molar-refractivity contribution in [3.05, 3.63) is 28.8 Å². The van der Waals surface area contributed by atoms with E-state index >= 15 is 0 Å². The molecular weight excluding hydrogens is 528 g/mol. The smallest absolute Gasteiger partial charge is 0.303 e. The summed E-state index contributed by atoms with van der Waals surface area (Å²) in [6, 6.07) is 3.85. The number of ether oxygens (including phenoxy) is 5. The van der Waals surface area contributed by atoms with Gasteiger partial charge in [-0.1, -0.05) is 53.7 Å². The Labute approximate surface area is 231 Å². The number of esters is 3. The lowest BCUT2D eigenvalue weighted by Crippen LogP contribution is -2.51. The first-order valence-corrected chi connectivity index (χ1v) is 14.7. The van der Waals surface area contributed by atoms with Gasteiger partial charge in [-0.15, -0.1) is 0 Å². The lowest BCUT2D eigenvalue weighted by molar-refractivity contribution is -0.267. The van der Waals surface area contributed by atoms with Gasteiger partial charge in [0, 0.05) is 27.9 Å². The van der Waals surface area contributed by atoms with E-state index in [4.69, 9.17) is 23.7 Å². The fourth-order valence-corrected chi connectivity index (χ4v) is 6.88. The summed E-state index contributed by atoms with van der Waals surface area (Å²) in [6.07, 6.45) is -4.05. The number of hydrogen-bond acceptors (Lipinski definition) is 10. The molecule has 220 valence electrons. The molecule has 2 rings (SSSR count). The van der Waals surface area contributed by atoms with Crippen LogP contribution in [-0.2, 0) is 47.9 Å². The molecule has 1 fully saturated rings. The Balaban J connectivity index is 2.70. The summed E-state index contributed by atoms with van der Waals surface area (Å²) in [5, 5.41) is 0. The molecule has 10 nitrogen and oxygen atoms in total. The zero-order valence-electron chi connectivity index (χ0n) is 24.5. The number of hydrogen-bond donors (Lipinski definition) is 0. The highest BCUT2D eigenvalue weighted by atomic mass is 32.2. The van der Waals surface area contributed by atoms with Crippen LogP contribution >= 0.6 is 0 Å².